The monoisotopic (exact) mass is 502 g/mol. The molecule has 3 aliphatic rings. The predicted molar refractivity (Wildman–Crippen MR) is 144 cm³/mol. The number of aliphatic hydroxyl groups is 2. The Balaban J connectivity index is 1.66. The second-order valence-electron chi connectivity index (χ2n) is 11.6. The highest BCUT2D eigenvalue weighted by Crippen LogP contribution is 2.50. The highest BCUT2D eigenvalue weighted by molar-refractivity contribution is 5.55. The molecule has 0 fully saturated rings. The van der Waals surface area contributed by atoms with E-state index in [0.717, 1.165) is 41.7 Å². The van der Waals surface area contributed by atoms with Crippen LogP contribution in [0.15, 0.2) is 95.0 Å². The predicted octanol–water partition coefficient (Wildman–Crippen LogP) is 5.92. The lowest BCUT2D eigenvalue weighted by molar-refractivity contribution is -0.0540. The van der Waals surface area contributed by atoms with E-state index in [1.54, 1.807) is 7.11 Å². The summed E-state index contributed by atoms with van der Waals surface area (Å²) < 4.78 is 19.2. The molecule has 0 amide bonds. The van der Waals surface area contributed by atoms with Gasteiger partial charge in [-0.25, -0.2) is 0 Å². The molecule has 2 aromatic rings. The maximum absolute atomic E-state index is 12.2. The van der Waals surface area contributed by atoms with E-state index in [1.807, 2.05) is 60.7 Å². The number of hydrogen-bond acceptors (Lipinski definition) is 5. The maximum atomic E-state index is 12.2. The lowest BCUT2D eigenvalue weighted by atomic mass is 9.75. The van der Waals surface area contributed by atoms with Gasteiger partial charge in [0.2, 0.25) is 0 Å². The molecular formula is C32H38O5. The molecule has 0 radical (unpaired) electrons. The summed E-state index contributed by atoms with van der Waals surface area (Å²) in [7, 11) is 1.72. The zero-order valence-corrected chi connectivity index (χ0v) is 22.5. The first-order valence-electron chi connectivity index (χ1n) is 13.1. The highest BCUT2D eigenvalue weighted by atomic mass is 16.5. The smallest absolute Gasteiger partial charge is 0.141 e. The largest absolute Gasteiger partial charge is 0.487 e. The molecule has 0 spiro atoms. The van der Waals surface area contributed by atoms with Gasteiger partial charge in [0.05, 0.1) is 6.10 Å². The Labute approximate surface area is 220 Å². The molecule has 196 valence electrons. The van der Waals surface area contributed by atoms with Crippen LogP contribution in [0.2, 0.25) is 0 Å². The molecule has 2 unspecified atom stereocenters. The van der Waals surface area contributed by atoms with Gasteiger partial charge < -0.3 is 24.4 Å². The molecule has 2 aliphatic heterocycles. The fourth-order valence-electron chi connectivity index (χ4n) is 5.76. The van der Waals surface area contributed by atoms with Gasteiger partial charge in [-0.05, 0) is 51.7 Å². The van der Waals surface area contributed by atoms with Gasteiger partial charge in [-0.15, -0.1) is 0 Å². The van der Waals surface area contributed by atoms with Crippen LogP contribution in [0.25, 0.3) is 0 Å². The van der Waals surface area contributed by atoms with E-state index < -0.39 is 17.3 Å². The Morgan fingerprint density at radius 3 is 2.05 bits per heavy atom. The summed E-state index contributed by atoms with van der Waals surface area (Å²) in [5.41, 5.74) is 1.69. The molecule has 2 atom stereocenters. The second kappa shape index (κ2) is 9.46. The minimum absolute atomic E-state index is 0.147. The summed E-state index contributed by atoms with van der Waals surface area (Å²) in [6.07, 6.45) is 3.38. The van der Waals surface area contributed by atoms with Gasteiger partial charge in [0.15, 0.2) is 0 Å². The van der Waals surface area contributed by atoms with Gasteiger partial charge >= 0.3 is 0 Å². The van der Waals surface area contributed by atoms with E-state index in [4.69, 9.17) is 14.2 Å². The van der Waals surface area contributed by atoms with Crippen molar-refractivity contribution in [3.63, 3.8) is 0 Å². The standard InChI is InChI=1S/C32H38O5/c1-30(2)18-16-23-27(35-5)24-17-19-31(3,4)37-29(24)25(28(23)36-30)20-26(33)32(34,21-12-8-6-9-13-21)22-14-10-7-11-15-22/h6-16,26-27,33-34H,17-20H2,1-5H3. The topological polar surface area (TPSA) is 68.2 Å². The lowest BCUT2D eigenvalue weighted by Crippen LogP contribution is -2.43. The molecule has 5 rings (SSSR count). The SMILES string of the molecule is COC1C2=CCC(C)(C)OC2=C(CC(O)C(O)(c2ccccc2)c2ccccc2)C2=C1CCC(C)(C)O2. The van der Waals surface area contributed by atoms with Crippen LogP contribution in [-0.2, 0) is 19.8 Å². The second-order valence-corrected chi connectivity index (χ2v) is 11.6. The summed E-state index contributed by atoms with van der Waals surface area (Å²) in [6.45, 7) is 8.28. The quantitative estimate of drug-likeness (QED) is 0.513. The number of fused-ring (bicyclic) bond motifs is 1. The summed E-state index contributed by atoms with van der Waals surface area (Å²) in [5, 5.41) is 24.2. The van der Waals surface area contributed by atoms with Crippen molar-refractivity contribution in [2.75, 3.05) is 7.11 Å². The molecule has 1 aliphatic carbocycles. The van der Waals surface area contributed by atoms with E-state index in [1.165, 1.54) is 0 Å². The average molecular weight is 503 g/mol. The van der Waals surface area contributed by atoms with E-state index in [2.05, 4.69) is 33.8 Å². The van der Waals surface area contributed by atoms with Crippen molar-refractivity contribution in [3.8, 4) is 0 Å². The molecule has 2 N–H and O–H groups in total. The van der Waals surface area contributed by atoms with Gasteiger partial charge in [-0.1, -0.05) is 66.7 Å². The first-order valence-corrected chi connectivity index (χ1v) is 13.1. The molecule has 0 saturated heterocycles. The fourth-order valence-corrected chi connectivity index (χ4v) is 5.76. The van der Waals surface area contributed by atoms with Crippen molar-refractivity contribution in [1.29, 1.82) is 0 Å². The number of rotatable bonds is 6. The molecule has 0 bridgehead atoms. The number of hydrogen-bond donors (Lipinski definition) is 2. The van der Waals surface area contributed by atoms with Crippen molar-refractivity contribution in [2.24, 2.45) is 0 Å². The van der Waals surface area contributed by atoms with Crippen molar-refractivity contribution in [3.05, 3.63) is 106 Å². The van der Waals surface area contributed by atoms with Crippen LogP contribution in [0, 0.1) is 0 Å². The molecule has 5 heteroatoms. The van der Waals surface area contributed by atoms with E-state index in [9.17, 15) is 10.2 Å². The lowest BCUT2D eigenvalue weighted by Gasteiger charge is -2.45. The Morgan fingerprint density at radius 1 is 0.919 bits per heavy atom. The third kappa shape index (κ3) is 4.65. The van der Waals surface area contributed by atoms with Crippen LogP contribution in [0.1, 0.15) is 64.5 Å². The minimum Gasteiger partial charge on any atom is -0.487 e. The van der Waals surface area contributed by atoms with Crippen molar-refractivity contribution in [2.45, 2.75) is 82.4 Å². The van der Waals surface area contributed by atoms with Crippen LogP contribution in [-0.4, -0.2) is 40.7 Å². The maximum Gasteiger partial charge on any atom is 0.141 e. The summed E-state index contributed by atoms with van der Waals surface area (Å²) >= 11 is 0. The minimum atomic E-state index is -1.63. The van der Waals surface area contributed by atoms with Crippen molar-refractivity contribution >= 4 is 0 Å². The number of ether oxygens (including phenoxy) is 3. The van der Waals surface area contributed by atoms with Gasteiger partial charge in [0.25, 0.3) is 0 Å². The Bertz CT molecular complexity index is 1200. The number of allylic oxidation sites excluding steroid dienone is 1. The Morgan fingerprint density at radius 2 is 1.49 bits per heavy atom. The van der Waals surface area contributed by atoms with Gasteiger partial charge in [-0.3, -0.25) is 0 Å². The molecule has 37 heavy (non-hydrogen) atoms. The van der Waals surface area contributed by atoms with Crippen LogP contribution in [0.4, 0.5) is 0 Å². The molecule has 0 aromatic heterocycles. The zero-order chi connectivity index (χ0) is 26.4. The normalized spacial score (nSPS) is 23.3. The third-order valence-electron chi connectivity index (χ3n) is 7.81. The van der Waals surface area contributed by atoms with E-state index in [-0.39, 0.29) is 18.1 Å². The first kappa shape index (κ1) is 25.8. The van der Waals surface area contributed by atoms with Crippen LogP contribution >= 0.6 is 0 Å². The van der Waals surface area contributed by atoms with Crippen molar-refractivity contribution in [1.82, 2.24) is 0 Å². The summed E-state index contributed by atoms with van der Waals surface area (Å²) in [6, 6.07) is 18.7. The molecular weight excluding hydrogens is 464 g/mol. The summed E-state index contributed by atoms with van der Waals surface area (Å²) in [5.74, 6) is 1.43. The first-order chi connectivity index (χ1) is 17.6. The highest BCUT2D eigenvalue weighted by Gasteiger charge is 2.47. The number of aliphatic hydroxyl groups excluding tert-OH is 1. The van der Waals surface area contributed by atoms with Crippen LogP contribution in [0.5, 0.6) is 0 Å². The van der Waals surface area contributed by atoms with E-state index in [0.29, 0.717) is 16.9 Å². The number of methoxy groups -OCH3 is 1. The average Bonchev–Trinajstić information content (AvgIpc) is 2.88. The van der Waals surface area contributed by atoms with Gasteiger partial charge in [0.1, 0.15) is 34.4 Å². The van der Waals surface area contributed by atoms with Crippen LogP contribution < -0.4 is 0 Å². The molecule has 5 nitrogen and oxygen atoms in total. The van der Waals surface area contributed by atoms with Gasteiger partial charge in [-0.2, -0.15) is 0 Å². The van der Waals surface area contributed by atoms with Crippen molar-refractivity contribution < 1.29 is 24.4 Å². The molecule has 2 aromatic carbocycles. The van der Waals surface area contributed by atoms with E-state index >= 15 is 0 Å². The Kier molecular flexibility index (Phi) is 6.59. The van der Waals surface area contributed by atoms with Crippen LogP contribution in [0.3, 0.4) is 0 Å². The third-order valence-corrected chi connectivity index (χ3v) is 7.81. The molecule has 2 heterocycles. The Hall–Kier alpha value is -2.86. The molecule has 0 saturated carbocycles. The fraction of sp³-hybridized carbons (Fsp3) is 0.438. The zero-order valence-electron chi connectivity index (χ0n) is 22.5. The van der Waals surface area contributed by atoms with Gasteiger partial charge in [0, 0.05) is 36.7 Å². The number of benzene rings is 2. The summed E-state index contributed by atoms with van der Waals surface area (Å²) in [4.78, 5) is 0.